The maximum Gasteiger partial charge on any atom is 0.305 e. The number of carbonyl (C=O) groups is 2. The van der Waals surface area contributed by atoms with Crippen LogP contribution in [-0.2, 0) is 19.4 Å². The van der Waals surface area contributed by atoms with Crippen molar-refractivity contribution in [2.75, 3.05) is 11.5 Å². The Labute approximate surface area is 108 Å². The molecule has 0 aliphatic carbocycles. The first-order valence-corrected chi connectivity index (χ1v) is 7.80. The number of hydrogen-bond donors (Lipinski definition) is 2. The lowest BCUT2D eigenvalue weighted by atomic mass is 10.2. The fourth-order valence-corrected chi connectivity index (χ4v) is 2.74. The molecule has 0 radical (unpaired) electrons. The Hall–Kier alpha value is -1.11. The molecule has 2 N–H and O–H groups in total. The van der Waals surface area contributed by atoms with E-state index in [1.807, 2.05) is 6.92 Å². The van der Waals surface area contributed by atoms with Crippen LogP contribution in [0.1, 0.15) is 39.5 Å². The topological polar surface area (TPSA) is 101 Å². The molecule has 0 saturated carbocycles. The summed E-state index contributed by atoms with van der Waals surface area (Å²) in [6, 6.07) is -0.569. The van der Waals surface area contributed by atoms with Crippen molar-refractivity contribution in [3.63, 3.8) is 0 Å². The lowest BCUT2D eigenvalue weighted by Crippen LogP contribution is -2.38. The third kappa shape index (κ3) is 8.98. The molecule has 0 fully saturated rings. The van der Waals surface area contributed by atoms with Gasteiger partial charge in [0.25, 0.3) is 0 Å². The van der Waals surface area contributed by atoms with Gasteiger partial charge in [-0.3, -0.25) is 9.59 Å². The van der Waals surface area contributed by atoms with Crippen molar-refractivity contribution < 1.29 is 23.1 Å². The first-order chi connectivity index (χ1) is 8.26. The molecule has 0 aromatic heterocycles. The molecular weight excluding hydrogens is 258 g/mol. The van der Waals surface area contributed by atoms with Crippen LogP contribution >= 0.6 is 0 Å². The normalized spacial score (nSPS) is 13.0. The molecule has 1 amide bonds. The van der Waals surface area contributed by atoms with Gasteiger partial charge in [0.2, 0.25) is 5.91 Å². The van der Waals surface area contributed by atoms with E-state index in [-0.39, 0.29) is 12.2 Å². The van der Waals surface area contributed by atoms with Crippen LogP contribution in [0.5, 0.6) is 0 Å². The van der Waals surface area contributed by atoms with Gasteiger partial charge in [0.15, 0.2) is 9.84 Å². The van der Waals surface area contributed by atoms with Crippen LogP contribution in [0.2, 0.25) is 0 Å². The summed E-state index contributed by atoms with van der Waals surface area (Å²) < 4.78 is 23.1. The number of amides is 1. The SMILES string of the molecule is CCCCCS(=O)(=O)CC(=O)NC(C)CC(=O)O. The zero-order valence-electron chi connectivity index (χ0n) is 10.8. The predicted octanol–water partition coefficient (Wildman–Crippen LogP) is 0.571. The summed E-state index contributed by atoms with van der Waals surface area (Å²) in [6.07, 6.45) is 2.06. The van der Waals surface area contributed by atoms with Crippen molar-refractivity contribution >= 4 is 21.7 Å². The molecule has 0 aliphatic rings. The van der Waals surface area contributed by atoms with E-state index in [0.717, 1.165) is 12.8 Å². The average Bonchev–Trinajstić information content (AvgIpc) is 2.14. The zero-order valence-corrected chi connectivity index (χ0v) is 11.6. The lowest BCUT2D eigenvalue weighted by Gasteiger charge is -2.11. The molecule has 0 spiro atoms. The summed E-state index contributed by atoms with van der Waals surface area (Å²) in [5, 5.41) is 10.9. The molecule has 0 bridgehead atoms. The molecule has 6 nitrogen and oxygen atoms in total. The first kappa shape index (κ1) is 16.9. The van der Waals surface area contributed by atoms with Crippen LogP contribution in [0.3, 0.4) is 0 Å². The largest absolute Gasteiger partial charge is 0.481 e. The molecule has 0 aromatic rings. The van der Waals surface area contributed by atoms with Crippen LogP contribution in [0.4, 0.5) is 0 Å². The third-order valence-electron chi connectivity index (χ3n) is 2.30. The Kier molecular flexibility index (Phi) is 7.58. The summed E-state index contributed by atoms with van der Waals surface area (Å²) in [5.74, 6) is -2.24. The molecule has 0 rings (SSSR count). The van der Waals surface area contributed by atoms with Gasteiger partial charge in [-0.2, -0.15) is 0 Å². The van der Waals surface area contributed by atoms with Gasteiger partial charge in [0, 0.05) is 6.04 Å². The monoisotopic (exact) mass is 279 g/mol. The van der Waals surface area contributed by atoms with Crippen LogP contribution in [0.25, 0.3) is 0 Å². The average molecular weight is 279 g/mol. The van der Waals surface area contributed by atoms with Crippen molar-refractivity contribution in [1.82, 2.24) is 5.32 Å². The second-order valence-electron chi connectivity index (χ2n) is 4.37. The molecule has 0 saturated heterocycles. The summed E-state index contributed by atoms with van der Waals surface area (Å²) in [5.41, 5.74) is 0. The minimum Gasteiger partial charge on any atom is -0.481 e. The standard InChI is InChI=1S/C11H21NO5S/c1-3-4-5-6-18(16,17)8-10(13)12-9(2)7-11(14)15/h9H,3-8H2,1-2H3,(H,12,13)(H,14,15). The van der Waals surface area contributed by atoms with E-state index >= 15 is 0 Å². The van der Waals surface area contributed by atoms with E-state index in [1.165, 1.54) is 6.92 Å². The summed E-state index contributed by atoms with van der Waals surface area (Å²) in [7, 11) is -3.39. The van der Waals surface area contributed by atoms with E-state index in [1.54, 1.807) is 0 Å². The minimum atomic E-state index is -3.39. The van der Waals surface area contributed by atoms with E-state index in [2.05, 4.69) is 5.32 Å². The van der Waals surface area contributed by atoms with Gasteiger partial charge in [0.1, 0.15) is 5.75 Å². The molecule has 0 heterocycles. The first-order valence-electron chi connectivity index (χ1n) is 5.98. The van der Waals surface area contributed by atoms with Crippen molar-refractivity contribution in [1.29, 1.82) is 0 Å². The van der Waals surface area contributed by atoms with Gasteiger partial charge in [-0.05, 0) is 13.3 Å². The highest BCUT2D eigenvalue weighted by Gasteiger charge is 2.18. The predicted molar refractivity (Wildman–Crippen MR) is 68.0 cm³/mol. The van der Waals surface area contributed by atoms with Crippen molar-refractivity contribution in [3.8, 4) is 0 Å². The van der Waals surface area contributed by atoms with Crippen LogP contribution in [0, 0.1) is 0 Å². The fourth-order valence-electron chi connectivity index (χ4n) is 1.47. The van der Waals surface area contributed by atoms with Gasteiger partial charge in [-0.25, -0.2) is 8.42 Å². The number of nitrogens with one attached hydrogen (secondary N) is 1. The van der Waals surface area contributed by atoms with Crippen LogP contribution in [0.15, 0.2) is 0 Å². The number of unbranched alkanes of at least 4 members (excludes halogenated alkanes) is 2. The summed E-state index contributed by atoms with van der Waals surface area (Å²) in [6.45, 7) is 3.49. The zero-order chi connectivity index (χ0) is 14.2. The Bertz CT molecular complexity index is 377. The van der Waals surface area contributed by atoms with Gasteiger partial charge in [0.05, 0.1) is 12.2 Å². The van der Waals surface area contributed by atoms with Gasteiger partial charge in [-0.15, -0.1) is 0 Å². The Balaban J connectivity index is 4.10. The highest BCUT2D eigenvalue weighted by molar-refractivity contribution is 7.92. The molecule has 7 heteroatoms. The van der Waals surface area contributed by atoms with Crippen LogP contribution in [-0.4, -0.2) is 42.9 Å². The fraction of sp³-hybridized carbons (Fsp3) is 0.818. The van der Waals surface area contributed by atoms with Gasteiger partial charge >= 0.3 is 5.97 Å². The molecular formula is C11H21NO5S. The second kappa shape index (κ2) is 8.07. The smallest absolute Gasteiger partial charge is 0.305 e. The Morgan fingerprint density at radius 2 is 1.89 bits per heavy atom. The summed E-state index contributed by atoms with van der Waals surface area (Å²) in [4.78, 5) is 21.8. The quantitative estimate of drug-likeness (QED) is 0.601. The van der Waals surface area contributed by atoms with Crippen LogP contribution < -0.4 is 5.32 Å². The molecule has 1 unspecified atom stereocenters. The van der Waals surface area contributed by atoms with Gasteiger partial charge < -0.3 is 10.4 Å². The molecule has 0 aromatic carbocycles. The highest BCUT2D eigenvalue weighted by Crippen LogP contribution is 2.00. The summed E-state index contributed by atoms with van der Waals surface area (Å²) >= 11 is 0. The number of carboxylic acid groups (broad SMARTS) is 1. The number of rotatable bonds is 9. The van der Waals surface area contributed by atoms with E-state index < -0.39 is 33.5 Å². The van der Waals surface area contributed by atoms with Crippen molar-refractivity contribution in [3.05, 3.63) is 0 Å². The molecule has 1 atom stereocenters. The number of carboxylic acids is 1. The second-order valence-corrected chi connectivity index (χ2v) is 6.55. The Morgan fingerprint density at radius 1 is 1.28 bits per heavy atom. The minimum absolute atomic E-state index is 0.00156. The van der Waals surface area contributed by atoms with E-state index in [4.69, 9.17) is 5.11 Å². The maximum absolute atomic E-state index is 11.5. The number of carbonyl (C=O) groups excluding carboxylic acids is 1. The maximum atomic E-state index is 11.5. The number of sulfone groups is 1. The highest BCUT2D eigenvalue weighted by atomic mass is 32.2. The number of hydrogen-bond acceptors (Lipinski definition) is 4. The molecule has 18 heavy (non-hydrogen) atoms. The van der Waals surface area contributed by atoms with Crippen molar-refractivity contribution in [2.24, 2.45) is 0 Å². The molecule has 106 valence electrons. The van der Waals surface area contributed by atoms with Gasteiger partial charge in [-0.1, -0.05) is 19.8 Å². The van der Waals surface area contributed by atoms with E-state index in [0.29, 0.717) is 6.42 Å². The van der Waals surface area contributed by atoms with Crippen molar-refractivity contribution in [2.45, 2.75) is 45.6 Å². The number of aliphatic carboxylic acids is 1. The molecule has 0 aliphatic heterocycles. The Morgan fingerprint density at radius 3 is 2.39 bits per heavy atom. The van der Waals surface area contributed by atoms with E-state index in [9.17, 15) is 18.0 Å². The lowest BCUT2D eigenvalue weighted by molar-refractivity contribution is -0.137. The third-order valence-corrected chi connectivity index (χ3v) is 3.91.